The van der Waals surface area contributed by atoms with E-state index in [1.807, 2.05) is 0 Å². The summed E-state index contributed by atoms with van der Waals surface area (Å²) in [6, 6.07) is 6.28. The van der Waals surface area contributed by atoms with Crippen molar-refractivity contribution in [2.24, 2.45) is 0 Å². The Hall–Kier alpha value is -1.59. The van der Waals surface area contributed by atoms with Gasteiger partial charge in [0.15, 0.2) is 6.10 Å². The molecule has 0 bridgehead atoms. The summed E-state index contributed by atoms with van der Waals surface area (Å²) < 4.78 is 53.7. The molecule has 0 spiro atoms. The predicted octanol–water partition coefficient (Wildman–Crippen LogP) is 2.73. The van der Waals surface area contributed by atoms with Crippen LogP contribution in [0.25, 0.3) is 0 Å². The molecule has 0 N–H and O–H groups in total. The summed E-state index contributed by atoms with van der Waals surface area (Å²) in [5.41, 5.74) is 0.873. The van der Waals surface area contributed by atoms with Gasteiger partial charge in [0.2, 0.25) is 0 Å². The lowest BCUT2D eigenvalue weighted by Crippen LogP contribution is -2.29. The lowest BCUT2D eigenvalue weighted by Gasteiger charge is -2.16. The third kappa shape index (κ3) is 2.25. The fraction of sp³-hybridized carbons (Fsp3) is 0.364. The first-order valence-corrected chi connectivity index (χ1v) is 4.89. The van der Waals surface area contributed by atoms with Crippen LogP contribution in [-0.4, -0.2) is 18.3 Å². The predicted molar refractivity (Wildman–Crippen MR) is 49.9 cm³/mol. The topological polar surface area (TPSA) is 26.3 Å². The van der Waals surface area contributed by atoms with Gasteiger partial charge in [-0.25, -0.2) is 9.18 Å². The number of rotatable bonds is 1. The van der Waals surface area contributed by atoms with Crippen LogP contribution in [0.15, 0.2) is 24.3 Å². The summed E-state index contributed by atoms with van der Waals surface area (Å²) >= 11 is 0. The van der Waals surface area contributed by atoms with Crippen molar-refractivity contribution >= 4 is 5.97 Å². The largest absolute Gasteiger partial charge is 0.490 e. The Labute approximate surface area is 94.2 Å². The molecule has 0 radical (unpaired) electrons. The van der Waals surface area contributed by atoms with Gasteiger partial charge in [-0.05, 0) is 11.1 Å². The standard InChI is InChI=1S/C11H8F4O2/c12-8-5-6-3-1-2-4-7(6)9(8)17-10(16)11(13,14)15/h1-4,8-9H,5H2. The quantitative estimate of drug-likeness (QED) is 0.564. The number of esters is 1. The number of carbonyl (C=O) groups is 1. The first-order valence-electron chi connectivity index (χ1n) is 4.89. The van der Waals surface area contributed by atoms with E-state index < -0.39 is 24.4 Å². The second kappa shape index (κ2) is 4.01. The monoisotopic (exact) mass is 248 g/mol. The van der Waals surface area contributed by atoms with E-state index in [1.165, 1.54) is 6.07 Å². The molecule has 0 aromatic heterocycles. The lowest BCUT2D eigenvalue weighted by molar-refractivity contribution is -0.207. The van der Waals surface area contributed by atoms with Crippen LogP contribution >= 0.6 is 0 Å². The molecule has 0 saturated carbocycles. The van der Waals surface area contributed by atoms with Crippen LogP contribution in [0.4, 0.5) is 17.6 Å². The van der Waals surface area contributed by atoms with Gasteiger partial charge in [0.25, 0.3) is 0 Å². The minimum Gasteiger partial charge on any atom is -0.448 e. The maximum Gasteiger partial charge on any atom is 0.490 e. The van der Waals surface area contributed by atoms with Crippen molar-refractivity contribution in [3.63, 3.8) is 0 Å². The van der Waals surface area contributed by atoms with E-state index >= 15 is 0 Å². The van der Waals surface area contributed by atoms with Crippen LogP contribution in [0, 0.1) is 0 Å². The Bertz CT molecular complexity index is 441. The third-order valence-corrected chi connectivity index (χ3v) is 2.57. The Balaban J connectivity index is 2.20. The zero-order chi connectivity index (χ0) is 12.6. The van der Waals surface area contributed by atoms with E-state index in [1.54, 1.807) is 18.2 Å². The average Bonchev–Trinajstić information content (AvgIpc) is 2.54. The summed E-state index contributed by atoms with van der Waals surface area (Å²) in [5, 5.41) is 0. The van der Waals surface area contributed by atoms with Gasteiger partial charge in [0.05, 0.1) is 0 Å². The fourth-order valence-corrected chi connectivity index (χ4v) is 1.83. The molecule has 2 unspecified atom stereocenters. The average molecular weight is 248 g/mol. The zero-order valence-electron chi connectivity index (χ0n) is 8.50. The van der Waals surface area contributed by atoms with Gasteiger partial charge >= 0.3 is 12.1 Å². The highest BCUT2D eigenvalue weighted by atomic mass is 19.4. The van der Waals surface area contributed by atoms with Crippen molar-refractivity contribution in [3.05, 3.63) is 35.4 Å². The Kier molecular flexibility index (Phi) is 2.81. The maximum absolute atomic E-state index is 13.5. The number of hydrogen-bond acceptors (Lipinski definition) is 2. The minimum absolute atomic E-state index is 0.0357. The van der Waals surface area contributed by atoms with E-state index in [0.29, 0.717) is 11.1 Å². The molecule has 2 rings (SSSR count). The molecular formula is C11H8F4O2. The minimum atomic E-state index is -5.10. The summed E-state index contributed by atoms with van der Waals surface area (Å²) in [5.74, 6) is -2.36. The van der Waals surface area contributed by atoms with E-state index in [0.717, 1.165) is 0 Å². The molecule has 0 fully saturated rings. The Morgan fingerprint density at radius 2 is 1.94 bits per heavy atom. The number of ether oxygens (including phenoxy) is 1. The van der Waals surface area contributed by atoms with Crippen molar-refractivity contribution < 1.29 is 27.1 Å². The zero-order valence-corrected chi connectivity index (χ0v) is 8.50. The van der Waals surface area contributed by atoms with Crippen LogP contribution in [-0.2, 0) is 16.0 Å². The summed E-state index contributed by atoms with van der Waals surface area (Å²) in [4.78, 5) is 10.7. The van der Waals surface area contributed by atoms with Crippen molar-refractivity contribution in [2.45, 2.75) is 24.9 Å². The highest BCUT2D eigenvalue weighted by molar-refractivity contribution is 5.76. The van der Waals surface area contributed by atoms with Gasteiger partial charge in [-0.1, -0.05) is 24.3 Å². The highest BCUT2D eigenvalue weighted by Crippen LogP contribution is 2.37. The number of alkyl halides is 4. The molecule has 0 amide bonds. The van der Waals surface area contributed by atoms with Crippen LogP contribution in [0.2, 0.25) is 0 Å². The van der Waals surface area contributed by atoms with E-state index in [4.69, 9.17) is 0 Å². The molecule has 0 aliphatic heterocycles. The van der Waals surface area contributed by atoms with E-state index in [2.05, 4.69) is 4.74 Å². The molecule has 1 aliphatic rings. The van der Waals surface area contributed by atoms with E-state index in [9.17, 15) is 22.4 Å². The number of fused-ring (bicyclic) bond motifs is 1. The molecule has 2 nitrogen and oxygen atoms in total. The second-order valence-corrected chi connectivity index (χ2v) is 3.74. The molecule has 1 aliphatic carbocycles. The molecular weight excluding hydrogens is 240 g/mol. The molecule has 0 heterocycles. The summed E-state index contributed by atoms with van der Waals surface area (Å²) in [6.45, 7) is 0. The van der Waals surface area contributed by atoms with Crippen LogP contribution in [0.5, 0.6) is 0 Å². The fourth-order valence-electron chi connectivity index (χ4n) is 1.83. The normalized spacial score (nSPS) is 23.3. The van der Waals surface area contributed by atoms with Gasteiger partial charge in [0.1, 0.15) is 6.17 Å². The van der Waals surface area contributed by atoms with Gasteiger partial charge in [-0.15, -0.1) is 0 Å². The Morgan fingerprint density at radius 3 is 2.59 bits per heavy atom. The molecule has 17 heavy (non-hydrogen) atoms. The van der Waals surface area contributed by atoms with Gasteiger partial charge < -0.3 is 4.74 Å². The maximum atomic E-state index is 13.5. The molecule has 6 heteroatoms. The molecule has 2 atom stereocenters. The smallest absolute Gasteiger partial charge is 0.448 e. The summed E-state index contributed by atoms with van der Waals surface area (Å²) in [7, 11) is 0. The first kappa shape index (κ1) is 11.9. The molecule has 1 aromatic carbocycles. The molecule has 0 saturated heterocycles. The molecule has 92 valence electrons. The van der Waals surface area contributed by atoms with Crippen LogP contribution in [0.1, 0.15) is 17.2 Å². The summed E-state index contributed by atoms with van der Waals surface area (Å²) in [6.07, 6.45) is -8.22. The van der Waals surface area contributed by atoms with Crippen molar-refractivity contribution in [1.82, 2.24) is 0 Å². The van der Waals surface area contributed by atoms with E-state index in [-0.39, 0.29) is 6.42 Å². The SMILES string of the molecule is O=C(OC1c2ccccc2CC1F)C(F)(F)F. The van der Waals surface area contributed by atoms with Crippen molar-refractivity contribution in [3.8, 4) is 0 Å². The third-order valence-electron chi connectivity index (χ3n) is 2.57. The lowest BCUT2D eigenvalue weighted by atomic mass is 10.1. The first-order chi connectivity index (χ1) is 7.89. The number of carbonyl (C=O) groups excluding carboxylic acids is 1. The van der Waals surface area contributed by atoms with Gasteiger partial charge in [-0.3, -0.25) is 0 Å². The van der Waals surface area contributed by atoms with Crippen molar-refractivity contribution in [2.75, 3.05) is 0 Å². The number of halogens is 4. The van der Waals surface area contributed by atoms with Crippen LogP contribution in [0.3, 0.4) is 0 Å². The van der Waals surface area contributed by atoms with Gasteiger partial charge in [-0.2, -0.15) is 13.2 Å². The number of hydrogen-bond donors (Lipinski definition) is 0. The Morgan fingerprint density at radius 1 is 1.29 bits per heavy atom. The van der Waals surface area contributed by atoms with Crippen LogP contribution < -0.4 is 0 Å². The van der Waals surface area contributed by atoms with Crippen molar-refractivity contribution in [1.29, 1.82) is 0 Å². The number of benzene rings is 1. The molecule has 1 aromatic rings. The second-order valence-electron chi connectivity index (χ2n) is 3.74. The highest BCUT2D eigenvalue weighted by Gasteiger charge is 2.45. The van der Waals surface area contributed by atoms with Gasteiger partial charge in [0, 0.05) is 6.42 Å².